The highest BCUT2D eigenvalue weighted by atomic mass is 35.5. The van der Waals surface area contributed by atoms with Crippen LogP contribution in [0.1, 0.15) is 13.3 Å². The number of rotatable bonds is 7. The second kappa shape index (κ2) is 8.98. The fourth-order valence-electron chi connectivity index (χ4n) is 2.56. The summed E-state index contributed by atoms with van der Waals surface area (Å²) in [6.45, 7) is 6.15. The molecule has 0 spiro atoms. The van der Waals surface area contributed by atoms with Crippen LogP contribution in [0.4, 0.5) is 0 Å². The van der Waals surface area contributed by atoms with E-state index in [1.165, 1.54) is 0 Å². The Bertz CT molecular complexity index is 458. The molecule has 0 radical (unpaired) electrons. The van der Waals surface area contributed by atoms with Gasteiger partial charge in [0.05, 0.1) is 13.1 Å². The summed E-state index contributed by atoms with van der Waals surface area (Å²) in [4.78, 5) is 14.0. The van der Waals surface area contributed by atoms with Crippen molar-refractivity contribution >= 4 is 18.3 Å². The van der Waals surface area contributed by atoms with Gasteiger partial charge in [0.1, 0.15) is 12.4 Å². The maximum Gasteiger partial charge on any atom is 0.234 e. The average Bonchev–Trinajstić information content (AvgIpc) is 2.87. The Hall–Kier alpha value is -1.30. The van der Waals surface area contributed by atoms with Crippen molar-refractivity contribution in [2.75, 3.05) is 39.3 Å². The molecular formula is C16H26ClN3O2. The minimum absolute atomic E-state index is 0. The van der Waals surface area contributed by atoms with Crippen LogP contribution in [0, 0.1) is 5.41 Å². The lowest BCUT2D eigenvalue weighted by molar-refractivity contribution is -0.122. The van der Waals surface area contributed by atoms with Crippen molar-refractivity contribution in [2.45, 2.75) is 13.3 Å². The van der Waals surface area contributed by atoms with Crippen LogP contribution in [0.5, 0.6) is 5.75 Å². The van der Waals surface area contributed by atoms with E-state index in [1.54, 1.807) is 0 Å². The molecule has 3 N–H and O–H groups in total. The Morgan fingerprint density at radius 1 is 1.41 bits per heavy atom. The Balaban J connectivity index is 0.00000242. The first kappa shape index (κ1) is 18.7. The minimum Gasteiger partial charge on any atom is -0.492 e. The van der Waals surface area contributed by atoms with Crippen LogP contribution in [0.25, 0.3) is 0 Å². The van der Waals surface area contributed by atoms with Gasteiger partial charge in [0.15, 0.2) is 0 Å². The smallest absolute Gasteiger partial charge is 0.234 e. The maximum absolute atomic E-state index is 11.9. The Morgan fingerprint density at radius 3 is 2.77 bits per heavy atom. The molecule has 6 heteroatoms. The number of nitrogens with zero attached hydrogens (tertiary/aromatic N) is 1. The molecule has 1 saturated heterocycles. The molecule has 1 heterocycles. The number of halogens is 1. The number of para-hydroxylation sites is 1. The number of likely N-dealkylation sites (tertiary alicyclic amines) is 1. The van der Waals surface area contributed by atoms with Gasteiger partial charge in [-0.05, 0) is 37.1 Å². The Kier molecular flexibility index (Phi) is 7.65. The molecule has 5 nitrogen and oxygen atoms in total. The number of nitrogens with one attached hydrogen (secondary N) is 1. The fraction of sp³-hybridized carbons (Fsp3) is 0.562. The summed E-state index contributed by atoms with van der Waals surface area (Å²) in [5.74, 6) is 0.873. The summed E-state index contributed by atoms with van der Waals surface area (Å²) in [6.07, 6.45) is 1.06. The summed E-state index contributed by atoms with van der Waals surface area (Å²) in [7, 11) is 0. The maximum atomic E-state index is 11.9. The van der Waals surface area contributed by atoms with E-state index in [9.17, 15) is 4.79 Å². The number of nitrogens with two attached hydrogens (primary N) is 1. The second-order valence-corrected chi connectivity index (χ2v) is 5.99. The van der Waals surface area contributed by atoms with Crippen molar-refractivity contribution in [1.82, 2.24) is 10.2 Å². The second-order valence-electron chi connectivity index (χ2n) is 5.99. The Morgan fingerprint density at radius 2 is 2.14 bits per heavy atom. The zero-order chi connectivity index (χ0) is 15.1. The quantitative estimate of drug-likeness (QED) is 0.740. The van der Waals surface area contributed by atoms with Crippen LogP contribution in [-0.4, -0.2) is 50.1 Å². The van der Waals surface area contributed by atoms with E-state index in [2.05, 4.69) is 17.1 Å². The van der Waals surface area contributed by atoms with Gasteiger partial charge in [0.25, 0.3) is 0 Å². The molecule has 1 aromatic rings. The number of carbonyl (C=O) groups excluding carboxylic acids is 1. The van der Waals surface area contributed by atoms with Gasteiger partial charge >= 0.3 is 0 Å². The van der Waals surface area contributed by atoms with Gasteiger partial charge in [-0.2, -0.15) is 0 Å². The lowest BCUT2D eigenvalue weighted by Gasteiger charge is -2.22. The first-order valence-electron chi connectivity index (χ1n) is 7.48. The highest BCUT2D eigenvalue weighted by Gasteiger charge is 2.32. The summed E-state index contributed by atoms with van der Waals surface area (Å²) in [5.41, 5.74) is 5.93. The standard InChI is InChI=1S/C16H25N3O2.ClH/c1-16(12-17)7-9-19(13-16)11-15(20)18-8-10-21-14-5-3-2-4-6-14;/h2-6H,7-13,17H2,1H3,(H,18,20);1H. The fourth-order valence-corrected chi connectivity index (χ4v) is 2.56. The summed E-state index contributed by atoms with van der Waals surface area (Å²) in [5, 5.41) is 2.89. The van der Waals surface area contributed by atoms with Gasteiger partial charge in [-0.25, -0.2) is 0 Å². The lowest BCUT2D eigenvalue weighted by Crippen LogP contribution is -2.39. The molecule has 1 unspecified atom stereocenters. The van der Waals surface area contributed by atoms with E-state index in [4.69, 9.17) is 10.5 Å². The molecule has 22 heavy (non-hydrogen) atoms. The van der Waals surface area contributed by atoms with Crippen molar-refractivity contribution in [3.05, 3.63) is 30.3 Å². The van der Waals surface area contributed by atoms with Crippen molar-refractivity contribution < 1.29 is 9.53 Å². The molecular weight excluding hydrogens is 302 g/mol. The zero-order valence-corrected chi connectivity index (χ0v) is 13.9. The molecule has 1 atom stereocenters. The number of carbonyl (C=O) groups is 1. The highest BCUT2D eigenvalue weighted by molar-refractivity contribution is 5.85. The number of amides is 1. The highest BCUT2D eigenvalue weighted by Crippen LogP contribution is 2.27. The van der Waals surface area contributed by atoms with Crippen LogP contribution >= 0.6 is 12.4 Å². The molecule has 1 aromatic carbocycles. The molecule has 1 amide bonds. The van der Waals surface area contributed by atoms with E-state index in [-0.39, 0.29) is 23.7 Å². The molecule has 2 rings (SSSR count). The summed E-state index contributed by atoms with van der Waals surface area (Å²) < 4.78 is 5.53. The SMILES string of the molecule is CC1(CN)CCN(CC(=O)NCCOc2ccccc2)C1.Cl. The molecule has 0 saturated carbocycles. The minimum atomic E-state index is 0. The van der Waals surface area contributed by atoms with Crippen LogP contribution in [-0.2, 0) is 4.79 Å². The van der Waals surface area contributed by atoms with Crippen LogP contribution in [0.3, 0.4) is 0 Å². The molecule has 1 fully saturated rings. The van der Waals surface area contributed by atoms with Gasteiger partial charge in [0.2, 0.25) is 5.91 Å². The third-order valence-corrected chi connectivity index (χ3v) is 3.93. The first-order valence-corrected chi connectivity index (χ1v) is 7.48. The average molecular weight is 328 g/mol. The predicted octanol–water partition coefficient (Wildman–Crippen LogP) is 1.27. The van der Waals surface area contributed by atoms with Crippen LogP contribution in [0.2, 0.25) is 0 Å². The topological polar surface area (TPSA) is 67.6 Å². The molecule has 0 bridgehead atoms. The third kappa shape index (κ3) is 5.83. The molecule has 0 aromatic heterocycles. The Labute approximate surface area is 138 Å². The number of hydrogen-bond acceptors (Lipinski definition) is 4. The molecule has 1 aliphatic heterocycles. The predicted molar refractivity (Wildman–Crippen MR) is 90.4 cm³/mol. The monoisotopic (exact) mass is 327 g/mol. The largest absolute Gasteiger partial charge is 0.492 e. The third-order valence-electron chi connectivity index (χ3n) is 3.93. The summed E-state index contributed by atoms with van der Waals surface area (Å²) in [6, 6.07) is 9.60. The van der Waals surface area contributed by atoms with E-state index in [1.807, 2.05) is 30.3 Å². The zero-order valence-electron chi connectivity index (χ0n) is 13.1. The first-order chi connectivity index (χ1) is 10.1. The number of hydrogen-bond donors (Lipinski definition) is 2. The van der Waals surface area contributed by atoms with Crippen LogP contribution < -0.4 is 15.8 Å². The molecule has 124 valence electrons. The normalized spacial score (nSPS) is 21.2. The van der Waals surface area contributed by atoms with Gasteiger partial charge < -0.3 is 15.8 Å². The number of benzene rings is 1. The van der Waals surface area contributed by atoms with Crippen molar-refractivity contribution in [3.63, 3.8) is 0 Å². The molecule has 1 aliphatic rings. The molecule has 0 aliphatic carbocycles. The van der Waals surface area contributed by atoms with E-state index in [0.717, 1.165) is 25.3 Å². The van der Waals surface area contributed by atoms with Gasteiger partial charge in [-0.3, -0.25) is 9.69 Å². The van der Waals surface area contributed by atoms with E-state index < -0.39 is 0 Å². The van der Waals surface area contributed by atoms with Gasteiger partial charge in [-0.1, -0.05) is 25.1 Å². The van der Waals surface area contributed by atoms with E-state index in [0.29, 0.717) is 26.2 Å². The number of ether oxygens (including phenoxy) is 1. The van der Waals surface area contributed by atoms with Crippen molar-refractivity contribution in [2.24, 2.45) is 11.1 Å². The summed E-state index contributed by atoms with van der Waals surface area (Å²) >= 11 is 0. The van der Waals surface area contributed by atoms with Crippen molar-refractivity contribution in [1.29, 1.82) is 0 Å². The van der Waals surface area contributed by atoms with Gasteiger partial charge in [0, 0.05) is 6.54 Å². The van der Waals surface area contributed by atoms with Gasteiger partial charge in [-0.15, -0.1) is 12.4 Å². The van der Waals surface area contributed by atoms with E-state index >= 15 is 0 Å². The lowest BCUT2D eigenvalue weighted by atomic mass is 9.90. The van der Waals surface area contributed by atoms with Crippen molar-refractivity contribution in [3.8, 4) is 5.75 Å². The van der Waals surface area contributed by atoms with Crippen LogP contribution in [0.15, 0.2) is 30.3 Å².